The standard InChI is InChI=1S/C9H15F3N2O.CH2O/c1-6-5-14(2)4-3-7(6)13-8(15)9(10,11)12;1-2/h6-7H,3-5H2,1-2H3,(H,13,15);1H2/t6-,7-;/m0./s1. The molecule has 1 heterocycles. The molecule has 17 heavy (non-hydrogen) atoms. The third-order valence-electron chi connectivity index (χ3n) is 2.68. The number of hydrogen-bond acceptors (Lipinski definition) is 3. The molecule has 1 aliphatic heterocycles. The first-order valence-corrected chi connectivity index (χ1v) is 5.16. The van der Waals surface area contributed by atoms with E-state index in [1.165, 1.54) is 0 Å². The van der Waals surface area contributed by atoms with E-state index in [0.717, 1.165) is 0 Å². The first kappa shape index (κ1) is 15.9. The van der Waals surface area contributed by atoms with Crippen molar-refractivity contribution in [3.05, 3.63) is 0 Å². The fraction of sp³-hybridized carbons (Fsp3) is 0.800. The van der Waals surface area contributed by atoms with Gasteiger partial charge < -0.3 is 15.0 Å². The van der Waals surface area contributed by atoms with Crippen molar-refractivity contribution < 1.29 is 22.8 Å². The minimum Gasteiger partial charge on any atom is -0.345 e. The number of alkyl halides is 3. The van der Waals surface area contributed by atoms with Crippen molar-refractivity contribution >= 4 is 12.7 Å². The number of carbonyl (C=O) groups is 2. The first-order valence-electron chi connectivity index (χ1n) is 5.16. The second kappa shape index (κ2) is 6.58. The smallest absolute Gasteiger partial charge is 0.345 e. The van der Waals surface area contributed by atoms with Gasteiger partial charge in [-0.25, -0.2) is 0 Å². The van der Waals surface area contributed by atoms with E-state index in [0.29, 0.717) is 19.5 Å². The number of nitrogens with zero attached hydrogens (tertiary/aromatic N) is 1. The topological polar surface area (TPSA) is 49.4 Å². The van der Waals surface area contributed by atoms with Crippen molar-refractivity contribution in [2.24, 2.45) is 5.92 Å². The highest BCUT2D eigenvalue weighted by molar-refractivity contribution is 5.81. The van der Waals surface area contributed by atoms with Crippen LogP contribution in [0.25, 0.3) is 0 Å². The summed E-state index contributed by atoms with van der Waals surface area (Å²) in [4.78, 5) is 20.8. The third-order valence-corrected chi connectivity index (χ3v) is 2.68. The summed E-state index contributed by atoms with van der Waals surface area (Å²) in [5.41, 5.74) is 0. The van der Waals surface area contributed by atoms with E-state index in [9.17, 15) is 18.0 Å². The number of nitrogens with one attached hydrogen (secondary N) is 1. The van der Waals surface area contributed by atoms with Crippen LogP contribution in [0, 0.1) is 5.92 Å². The lowest BCUT2D eigenvalue weighted by Crippen LogP contribution is -2.51. The molecule has 1 rings (SSSR count). The van der Waals surface area contributed by atoms with Gasteiger partial charge in [0.05, 0.1) is 0 Å². The molecule has 1 amide bonds. The molecule has 1 aliphatic rings. The molecular weight excluding hydrogens is 237 g/mol. The second-order valence-corrected chi connectivity index (χ2v) is 4.11. The number of halogens is 3. The molecule has 0 aromatic heterocycles. The maximum atomic E-state index is 12.0. The van der Waals surface area contributed by atoms with E-state index in [1.807, 2.05) is 31.0 Å². The molecule has 2 atom stereocenters. The fourth-order valence-corrected chi connectivity index (χ4v) is 1.82. The molecule has 0 aromatic carbocycles. The van der Waals surface area contributed by atoms with Crippen molar-refractivity contribution in [2.75, 3.05) is 20.1 Å². The van der Waals surface area contributed by atoms with Crippen LogP contribution in [0.1, 0.15) is 13.3 Å². The molecule has 0 saturated carbocycles. The van der Waals surface area contributed by atoms with Gasteiger partial charge in [-0.2, -0.15) is 13.2 Å². The van der Waals surface area contributed by atoms with Gasteiger partial charge in [0, 0.05) is 12.6 Å². The van der Waals surface area contributed by atoms with Crippen molar-refractivity contribution in [1.82, 2.24) is 10.2 Å². The zero-order chi connectivity index (χ0) is 13.6. The highest BCUT2D eigenvalue weighted by atomic mass is 19.4. The lowest BCUT2D eigenvalue weighted by Gasteiger charge is -2.35. The zero-order valence-electron chi connectivity index (χ0n) is 9.88. The highest BCUT2D eigenvalue weighted by Gasteiger charge is 2.40. The maximum Gasteiger partial charge on any atom is 0.471 e. The molecule has 1 N–H and O–H groups in total. The molecule has 0 unspecified atom stereocenters. The van der Waals surface area contributed by atoms with Crippen molar-refractivity contribution in [3.8, 4) is 0 Å². The van der Waals surface area contributed by atoms with Gasteiger partial charge in [0.2, 0.25) is 0 Å². The minimum atomic E-state index is -4.77. The SMILES string of the molecule is C=O.C[C@H]1CN(C)CC[C@@H]1NC(=O)C(F)(F)F. The van der Waals surface area contributed by atoms with Crippen LogP contribution in [-0.2, 0) is 9.59 Å². The molecular formula is C10H17F3N2O2. The van der Waals surface area contributed by atoms with E-state index < -0.39 is 12.1 Å². The van der Waals surface area contributed by atoms with Crippen LogP contribution in [0.5, 0.6) is 0 Å². The predicted molar refractivity (Wildman–Crippen MR) is 56.4 cm³/mol. The Bertz CT molecular complexity index is 258. The zero-order valence-corrected chi connectivity index (χ0v) is 9.88. The van der Waals surface area contributed by atoms with Gasteiger partial charge >= 0.3 is 12.1 Å². The van der Waals surface area contributed by atoms with Gasteiger partial charge in [-0.15, -0.1) is 0 Å². The number of hydrogen-bond donors (Lipinski definition) is 1. The summed E-state index contributed by atoms with van der Waals surface area (Å²) in [6, 6.07) is -0.365. The van der Waals surface area contributed by atoms with Gasteiger partial charge in [0.15, 0.2) is 0 Å². The summed E-state index contributed by atoms with van der Waals surface area (Å²) in [6.07, 6.45) is -4.21. The number of amides is 1. The summed E-state index contributed by atoms with van der Waals surface area (Å²) in [6.45, 7) is 5.27. The molecule has 1 fully saturated rings. The number of carbonyl (C=O) groups excluding carboxylic acids is 2. The van der Waals surface area contributed by atoms with E-state index >= 15 is 0 Å². The average molecular weight is 254 g/mol. The number of likely N-dealkylation sites (tertiary alicyclic amines) is 1. The maximum absolute atomic E-state index is 12.0. The molecule has 0 spiro atoms. The first-order chi connectivity index (χ1) is 7.80. The molecule has 0 aliphatic carbocycles. The van der Waals surface area contributed by atoms with Crippen LogP contribution in [-0.4, -0.2) is 50.0 Å². The lowest BCUT2D eigenvalue weighted by molar-refractivity contribution is -0.175. The van der Waals surface area contributed by atoms with E-state index in [4.69, 9.17) is 4.79 Å². The van der Waals surface area contributed by atoms with Gasteiger partial charge in [-0.1, -0.05) is 6.92 Å². The van der Waals surface area contributed by atoms with E-state index in [-0.39, 0.29) is 12.0 Å². The highest BCUT2D eigenvalue weighted by Crippen LogP contribution is 2.19. The normalized spacial score (nSPS) is 25.7. The van der Waals surface area contributed by atoms with Crippen LogP contribution in [0.2, 0.25) is 0 Å². The Balaban J connectivity index is 0.00000121. The minimum absolute atomic E-state index is 0.0510. The molecule has 1 saturated heterocycles. The summed E-state index contributed by atoms with van der Waals surface area (Å²) >= 11 is 0. The van der Waals surface area contributed by atoms with Crippen molar-refractivity contribution in [1.29, 1.82) is 0 Å². The largest absolute Gasteiger partial charge is 0.471 e. The van der Waals surface area contributed by atoms with Crippen LogP contribution < -0.4 is 5.32 Å². The lowest BCUT2D eigenvalue weighted by atomic mass is 9.94. The van der Waals surface area contributed by atoms with Crippen molar-refractivity contribution in [2.45, 2.75) is 25.6 Å². The molecule has 100 valence electrons. The Morgan fingerprint density at radius 1 is 1.41 bits per heavy atom. The van der Waals surface area contributed by atoms with Crippen LogP contribution in [0.4, 0.5) is 13.2 Å². The van der Waals surface area contributed by atoms with Gasteiger partial charge in [-0.3, -0.25) is 4.79 Å². The van der Waals surface area contributed by atoms with Crippen LogP contribution in [0.15, 0.2) is 0 Å². The second-order valence-electron chi connectivity index (χ2n) is 4.11. The molecule has 0 aromatic rings. The Labute approximate surface area is 98.2 Å². The van der Waals surface area contributed by atoms with Gasteiger partial charge in [0.1, 0.15) is 6.79 Å². The number of piperidine rings is 1. The Morgan fingerprint density at radius 3 is 2.35 bits per heavy atom. The Kier molecular flexibility index (Phi) is 6.15. The molecule has 0 radical (unpaired) electrons. The molecule has 7 heteroatoms. The van der Waals surface area contributed by atoms with Gasteiger partial charge in [0.25, 0.3) is 0 Å². The summed E-state index contributed by atoms with van der Waals surface area (Å²) in [5.74, 6) is -1.78. The number of rotatable bonds is 1. The average Bonchev–Trinajstić information content (AvgIpc) is 2.23. The Hall–Kier alpha value is -1.11. The third kappa shape index (κ3) is 5.16. The molecule has 4 nitrogen and oxygen atoms in total. The summed E-state index contributed by atoms with van der Waals surface area (Å²) in [7, 11) is 1.91. The van der Waals surface area contributed by atoms with E-state index in [2.05, 4.69) is 0 Å². The Morgan fingerprint density at radius 2 is 1.94 bits per heavy atom. The van der Waals surface area contributed by atoms with Crippen LogP contribution >= 0.6 is 0 Å². The monoisotopic (exact) mass is 254 g/mol. The summed E-state index contributed by atoms with van der Waals surface area (Å²) < 4.78 is 36.0. The van der Waals surface area contributed by atoms with E-state index in [1.54, 1.807) is 0 Å². The fourth-order valence-electron chi connectivity index (χ4n) is 1.82. The predicted octanol–water partition coefficient (Wildman–Crippen LogP) is 0.820. The van der Waals surface area contributed by atoms with Gasteiger partial charge in [-0.05, 0) is 25.9 Å². The molecule has 0 bridgehead atoms. The van der Waals surface area contributed by atoms with Crippen molar-refractivity contribution in [3.63, 3.8) is 0 Å². The van der Waals surface area contributed by atoms with Crippen LogP contribution in [0.3, 0.4) is 0 Å². The summed E-state index contributed by atoms with van der Waals surface area (Å²) in [5, 5.41) is 2.04. The quantitative estimate of drug-likeness (QED) is 0.753.